The van der Waals surface area contributed by atoms with Crippen LogP contribution in [0, 0.1) is 12.7 Å². The van der Waals surface area contributed by atoms with Crippen molar-refractivity contribution >= 4 is 27.5 Å². The first-order valence-corrected chi connectivity index (χ1v) is 13.3. The van der Waals surface area contributed by atoms with E-state index >= 15 is 0 Å². The van der Waals surface area contributed by atoms with E-state index in [2.05, 4.69) is 5.32 Å². The van der Waals surface area contributed by atoms with Gasteiger partial charge in [0.25, 0.3) is 0 Å². The van der Waals surface area contributed by atoms with Crippen LogP contribution in [-0.2, 0) is 26.2 Å². The minimum Gasteiger partial charge on any atom is -0.352 e. The number of nitrogens with zero attached hydrogens (tertiary/aromatic N) is 2. The van der Waals surface area contributed by atoms with E-state index in [9.17, 15) is 22.4 Å². The third-order valence-corrected chi connectivity index (χ3v) is 7.27. The molecule has 0 saturated heterocycles. The first kappa shape index (κ1) is 25.7. The van der Waals surface area contributed by atoms with Crippen LogP contribution in [0.2, 0.25) is 0 Å². The van der Waals surface area contributed by atoms with Crippen molar-refractivity contribution in [3.63, 3.8) is 0 Å². The van der Waals surface area contributed by atoms with Crippen LogP contribution in [0.5, 0.6) is 0 Å². The summed E-state index contributed by atoms with van der Waals surface area (Å²) >= 11 is 0. The van der Waals surface area contributed by atoms with Crippen LogP contribution in [0.4, 0.5) is 10.1 Å². The molecule has 2 aromatic carbocycles. The summed E-state index contributed by atoms with van der Waals surface area (Å²) in [5, 5.41) is 3.01. The quantitative estimate of drug-likeness (QED) is 0.585. The van der Waals surface area contributed by atoms with Crippen LogP contribution in [-0.4, -0.2) is 50.0 Å². The summed E-state index contributed by atoms with van der Waals surface area (Å²) < 4.78 is 40.1. The normalized spacial score (nSPS) is 15.1. The molecule has 184 valence electrons. The molecule has 7 nitrogen and oxygen atoms in total. The second-order valence-electron chi connectivity index (χ2n) is 8.89. The second-order valence-corrected chi connectivity index (χ2v) is 10.8. The summed E-state index contributed by atoms with van der Waals surface area (Å²) in [5.41, 5.74) is 1.64. The number of para-hydroxylation sites is 1. The third-order valence-electron chi connectivity index (χ3n) is 6.14. The van der Waals surface area contributed by atoms with Gasteiger partial charge in [0.1, 0.15) is 18.4 Å². The van der Waals surface area contributed by atoms with Crippen molar-refractivity contribution in [2.45, 2.75) is 58.2 Å². The maximum atomic E-state index is 14.4. The Hall–Kier alpha value is -2.94. The summed E-state index contributed by atoms with van der Waals surface area (Å²) in [6.07, 6.45) is 4.83. The number of sulfonamides is 1. The Balaban J connectivity index is 1.88. The third kappa shape index (κ3) is 6.56. The number of carbonyl (C=O) groups is 2. The molecule has 0 heterocycles. The molecule has 1 unspecified atom stereocenters. The molecular weight excluding hydrogens is 457 g/mol. The van der Waals surface area contributed by atoms with Gasteiger partial charge in [0.15, 0.2) is 0 Å². The molecule has 34 heavy (non-hydrogen) atoms. The molecule has 1 aliphatic rings. The van der Waals surface area contributed by atoms with E-state index in [1.54, 1.807) is 6.92 Å². The van der Waals surface area contributed by atoms with Crippen LogP contribution >= 0.6 is 0 Å². The van der Waals surface area contributed by atoms with E-state index in [4.69, 9.17) is 0 Å². The number of rotatable bonds is 9. The van der Waals surface area contributed by atoms with Crippen LogP contribution < -0.4 is 9.62 Å². The lowest BCUT2D eigenvalue weighted by Crippen LogP contribution is -2.52. The molecule has 0 aromatic heterocycles. The maximum absolute atomic E-state index is 14.4. The molecule has 0 aliphatic heterocycles. The smallest absolute Gasteiger partial charge is 0.244 e. The number of benzene rings is 2. The number of carbonyl (C=O) groups excluding carboxylic acids is 2. The van der Waals surface area contributed by atoms with E-state index in [1.807, 2.05) is 31.2 Å². The fourth-order valence-corrected chi connectivity index (χ4v) is 4.96. The Morgan fingerprint density at radius 1 is 1.09 bits per heavy atom. The maximum Gasteiger partial charge on any atom is 0.244 e. The van der Waals surface area contributed by atoms with Gasteiger partial charge < -0.3 is 10.2 Å². The Bertz CT molecular complexity index is 1120. The zero-order chi connectivity index (χ0) is 24.9. The fraction of sp³-hybridized carbons (Fsp3) is 0.440. The number of anilines is 1. The topological polar surface area (TPSA) is 86.8 Å². The average Bonchev–Trinajstić information content (AvgIpc) is 3.29. The Labute approximate surface area is 201 Å². The lowest BCUT2D eigenvalue weighted by atomic mass is 10.1. The highest BCUT2D eigenvalue weighted by molar-refractivity contribution is 7.92. The fourth-order valence-electron chi connectivity index (χ4n) is 4.11. The number of hydrogen-bond donors (Lipinski definition) is 1. The van der Waals surface area contributed by atoms with E-state index in [0.717, 1.165) is 53.4 Å². The predicted molar refractivity (Wildman–Crippen MR) is 130 cm³/mol. The van der Waals surface area contributed by atoms with Crippen molar-refractivity contribution in [1.29, 1.82) is 0 Å². The molecule has 1 atom stereocenters. The van der Waals surface area contributed by atoms with Crippen molar-refractivity contribution in [2.24, 2.45) is 0 Å². The molecule has 0 radical (unpaired) electrons. The van der Waals surface area contributed by atoms with E-state index in [0.29, 0.717) is 0 Å². The molecule has 0 spiro atoms. The van der Waals surface area contributed by atoms with Gasteiger partial charge in [-0.05, 0) is 44.4 Å². The molecule has 3 rings (SSSR count). The summed E-state index contributed by atoms with van der Waals surface area (Å²) in [7, 11) is -3.97. The molecule has 1 fully saturated rings. The van der Waals surface area contributed by atoms with Crippen LogP contribution in [0.25, 0.3) is 0 Å². The summed E-state index contributed by atoms with van der Waals surface area (Å²) in [6.45, 7) is 3.08. The highest BCUT2D eigenvalue weighted by atomic mass is 32.2. The van der Waals surface area contributed by atoms with Gasteiger partial charge in [0.2, 0.25) is 21.8 Å². The van der Waals surface area contributed by atoms with Gasteiger partial charge in [-0.25, -0.2) is 12.8 Å². The zero-order valence-corrected chi connectivity index (χ0v) is 20.6. The number of halogens is 1. The van der Waals surface area contributed by atoms with Crippen LogP contribution in [0.3, 0.4) is 0 Å². The minimum atomic E-state index is -3.97. The number of hydrogen-bond acceptors (Lipinski definition) is 4. The summed E-state index contributed by atoms with van der Waals surface area (Å²) in [6, 6.07) is 12.2. The molecule has 1 saturated carbocycles. The van der Waals surface area contributed by atoms with Gasteiger partial charge >= 0.3 is 0 Å². The van der Waals surface area contributed by atoms with Gasteiger partial charge in [-0.2, -0.15) is 0 Å². The van der Waals surface area contributed by atoms with Gasteiger partial charge in [-0.15, -0.1) is 0 Å². The number of nitrogens with one attached hydrogen (secondary N) is 1. The monoisotopic (exact) mass is 489 g/mol. The first-order chi connectivity index (χ1) is 16.1. The molecule has 0 bridgehead atoms. The minimum absolute atomic E-state index is 0.0807. The van der Waals surface area contributed by atoms with E-state index in [-0.39, 0.29) is 24.2 Å². The largest absolute Gasteiger partial charge is 0.352 e. The van der Waals surface area contributed by atoms with Crippen molar-refractivity contribution in [3.05, 3.63) is 65.5 Å². The second kappa shape index (κ2) is 11.0. The standard InChI is InChI=1S/C25H32FN3O4S/c1-18-12-14-20(15-13-18)16-28(19(2)25(31)27-21-8-4-5-9-21)24(30)17-29(34(3,32)33)23-11-7-6-10-22(23)26/h6-7,10-15,19,21H,4-5,8-9,16-17H2,1-3H3,(H,27,31). The Morgan fingerprint density at radius 3 is 2.29 bits per heavy atom. The van der Waals surface area contributed by atoms with Gasteiger partial charge in [-0.1, -0.05) is 54.8 Å². The van der Waals surface area contributed by atoms with Gasteiger partial charge in [-0.3, -0.25) is 13.9 Å². The number of amides is 2. The highest BCUT2D eigenvalue weighted by Gasteiger charge is 2.32. The molecular formula is C25H32FN3O4S. The van der Waals surface area contributed by atoms with Gasteiger partial charge in [0, 0.05) is 12.6 Å². The van der Waals surface area contributed by atoms with Crippen molar-refractivity contribution in [3.8, 4) is 0 Å². The molecule has 1 N–H and O–H groups in total. The summed E-state index contributed by atoms with van der Waals surface area (Å²) in [5.74, 6) is -1.63. The van der Waals surface area contributed by atoms with Crippen molar-refractivity contribution in [1.82, 2.24) is 10.2 Å². The van der Waals surface area contributed by atoms with Crippen LogP contribution in [0.1, 0.15) is 43.7 Å². The zero-order valence-electron chi connectivity index (χ0n) is 19.8. The van der Waals surface area contributed by atoms with Crippen LogP contribution in [0.15, 0.2) is 48.5 Å². The molecule has 9 heteroatoms. The predicted octanol–water partition coefficient (Wildman–Crippen LogP) is 3.38. The van der Waals surface area contributed by atoms with Gasteiger partial charge in [0.05, 0.1) is 11.9 Å². The van der Waals surface area contributed by atoms with E-state index < -0.39 is 34.3 Å². The lowest BCUT2D eigenvalue weighted by Gasteiger charge is -2.32. The van der Waals surface area contributed by atoms with Crippen molar-refractivity contribution < 1.29 is 22.4 Å². The molecule has 1 aliphatic carbocycles. The Kier molecular flexibility index (Phi) is 8.30. The van der Waals surface area contributed by atoms with E-state index in [1.165, 1.54) is 23.1 Å². The highest BCUT2D eigenvalue weighted by Crippen LogP contribution is 2.23. The lowest BCUT2D eigenvalue weighted by molar-refractivity contribution is -0.139. The molecule has 2 amide bonds. The molecule has 2 aromatic rings. The summed E-state index contributed by atoms with van der Waals surface area (Å²) in [4.78, 5) is 27.8. The van der Waals surface area contributed by atoms with Crippen molar-refractivity contribution in [2.75, 3.05) is 17.1 Å². The Morgan fingerprint density at radius 2 is 1.71 bits per heavy atom. The average molecular weight is 490 g/mol. The first-order valence-electron chi connectivity index (χ1n) is 11.4. The SMILES string of the molecule is Cc1ccc(CN(C(=O)CN(c2ccccc2F)S(C)(=O)=O)C(C)C(=O)NC2CCCC2)cc1. The number of aryl methyl sites for hydroxylation is 1.